The second-order valence-electron chi connectivity index (χ2n) is 6.20. The predicted molar refractivity (Wildman–Crippen MR) is 105 cm³/mol. The molecule has 5 nitrogen and oxygen atoms in total. The van der Waals surface area contributed by atoms with Crippen molar-refractivity contribution in [1.82, 2.24) is 4.98 Å². The van der Waals surface area contributed by atoms with Gasteiger partial charge in [-0.15, -0.1) is 0 Å². The zero-order valence-corrected chi connectivity index (χ0v) is 14.9. The third kappa shape index (κ3) is 3.78. The van der Waals surface area contributed by atoms with Crippen molar-refractivity contribution in [1.29, 1.82) is 0 Å². The van der Waals surface area contributed by atoms with Gasteiger partial charge in [-0.25, -0.2) is 4.79 Å². The van der Waals surface area contributed by atoms with Gasteiger partial charge in [0.15, 0.2) is 0 Å². The summed E-state index contributed by atoms with van der Waals surface area (Å²) in [6, 6.07) is 21.5. The van der Waals surface area contributed by atoms with E-state index >= 15 is 0 Å². The van der Waals surface area contributed by atoms with Gasteiger partial charge in [0.1, 0.15) is 29.4 Å². The van der Waals surface area contributed by atoms with Crippen LogP contribution in [0.15, 0.2) is 85.2 Å². The number of esters is 1. The number of phenols is 1. The topological polar surface area (TPSA) is 68.7 Å². The summed E-state index contributed by atoms with van der Waals surface area (Å²) in [4.78, 5) is 16.5. The van der Waals surface area contributed by atoms with Gasteiger partial charge < -0.3 is 14.6 Å². The molecule has 1 heterocycles. The van der Waals surface area contributed by atoms with E-state index in [1.807, 2.05) is 42.5 Å². The van der Waals surface area contributed by atoms with Crippen LogP contribution in [0.1, 0.15) is 15.9 Å². The first-order valence-corrected chi connectivity index (χ1v) is 8.75. The van der Waals surface area contributed by atoms with Crippen molar-refractivity contribution in [3.8, 4) is 17.2 Å². The van der Waals surface area contributed by atoms with Crippen LogP contribution in [0.2, 0.25) is 0 Å². The molecule has 4 rings (SSSR count). The number of aromatic nitrogens is 1. The van der Waals surface area contributed by atoms with Gasteiger partial charge in [0.2, 0.25) is 0 Å². The molecule has 0 aliphatic carbocycles. The van der Waals surface area contributed by atoms with Crippen molar-refractivity contribution < 1.29 is 19.4 Å². The fourth-order valence-electron chi connectivity index (χ4n) is 2.87. The number of hydrogen-bond acceptors (Lipinski definition) is 5. The first-order valence-electron chi connectivity index (χ1n) is 8.75. The van der Waals surface area contributed by atoms with E-state index in [4.69, 9.17) is 9.47 Å². The summed E-state index contributed by atoms with van der Waals surface area (Å²) < 4.78 is 11.2. The van der Waals surface area contributed by atoms with Crippen molar-refractivity contribution >= 4 is 16.7 Å². The fourth-order valence-corrected chi connectivity index (χ4v) is 2.87. The molecule has 0 saturated carbocycles. The average molecular weight is 371 g/mol. The van der Waals surface area contributed by atoms with E-state index in [-0.39, 0.29) is 17.9 Å². The number of fused-ring (bicyclic) bond motifs is 1. The molecule has 1 aromatic heterocycles. The molecular formula is C23H17NO4. The maximum atomic E-state index is 12.4. The SMILES string of the molecule is O=C(OCc1ccccc1)c1cc2cccc(Oc3cccnc3)c2cc1O. The highest BCUT2D eigenvalue weighted by atomic mass is 16.5. The lowest BCUT2D eigenvalue weighted by atomic mass is 10.0. The Balaban J connectivity index is 1.60. The Bertz CT molecular complexity index is 1110. The molecule has 4 aromatic rings. The van der Waals surface area contributed by atoms with Gasteiger partial charge in [-0.2, -0.15) is 0 Å². The summed E-state index contributed by atoms with van der Waals surface area (Å²) >= 11 is 0. The number of phenolic OH excluding ortho intramolecular Hbond substituents is 1. The molecule has 3 aromatic carbocycles. The number of rotatable bonds is 5. The van der Waals surface area contributed by atoms with E-state index in [1.54, 1.807) is 36.7 Å². The van der Waals surface area contributed by atoms with Crippen molar-refractivity contribution in [3.05, 3.63) is 96.3 Å². The zero-order valence-electron chi connectivity index (χ0n) is 14.9. The molecule has 28 heavy (non-hydrogen) atoms. The van der Waals surface area contributed by atoms with Crippen LogP contribution in [0, 0.1) is 0 Å². The lowest BCUT2D eigenvalue weighted by molar-refractivity contribution is 0.0469. The zero-order chi connectivity index (χ0) is 19.3. The Kier molecular flexibility index (Phi) is 4.89. The fraction of sp³-hybridized carbons (Fsp3) is 0.0435. The molecule has 0 aliphatic rings. The normalized spacial score (nSPS) is 10.6. The molecule has 1 N–H and O–H groups in total. The van der Waals surface area contributed by atoms with Crippen LogP contribution in [-0.4, -0.2) is 16.1 Å². The Morgan fingerprint density at radius 3 is 2.61 bits per heavy atom. The molecule has 0 atom stereocenters. The number of ether oxygens (including phenoxy) is 2. The number of carbonyl (C=O) groups is 1. The quantitative estimate of drug-likeness (QED) is 0.495. The minimum Gasteiger partial charge on any atom is -0.507 e. The van der Waals surface area contributed by atoms with Crippen LogP contribution in [-0.2, 0) is 11.3 Å². The summed E-state index contributed by atoms with van der Waals surface area (Å²) in [6.07, 6.45) is 3.27. The maximum Gasteiger partial charge on any atom is 0.342 e. The Hall–Kier alpha value is -3.86. The van der Waals surface area contributed by atoms with Gasteiger partial charge in [-0.1, -0.05) is 42.5 Å². The second kappa shape index (κ2) is 7.80. The van der Waals surface area contributed by atoms with E-state index < -0.39 is 5.97 Å². The Labute approximate surface area is 161 Å². The van der Waals surface area contributed by atoms with Crippen molar-refractivity contribution in [2.75, 3.05) is 0 Å². The van der Waals surface area contributed by atoms with Crippen LogP contribution in [0.25, 0.3) is 10.8 Å². The monoisotopic (exact) mass is 371 g/mol. The molecule has 0 bridgehead atoms. The summed E-state index contributed by atoms with van der Waals surface area (Å²) in [5.41, 5.74) is 0.991. The largest absolute Gasteiger partial charge is 0.507 e. The highest BCUT2D eigenvalue weighted by Crippen LogP contribution is 2.34. The summed E-state index contributed by atoms with van der Waals surface area (Å²) in [5.74, 6) is 0.403. The summed E-state index contributed by atoms with van der Waals surface area (Å²) in [7, 11) is 0. The number of aromatic hydroxyl groups is 1. The first-order chi connectivity index (χ1) is 13.7. The molecule has 0 aliphatic heterocycles. The molecule has 138 valence electrons. The van der Waals surface area contributed by atoms with Gasteiger partial charge in [-0.05, 0) is 41.3 Å². The van der Waals surface area contributed by atoms with Crippen molar-refractivity contribution in [3.63, 3.8) is 0 Å². The number of carbonyl (C=O) groups excluding carboxylic acids is 1. The number of hydrogen-bond donors (Lipinski definition) is 1. The minimum absolute atomic E-state index is 0.113. The molecule has 0 fully saturated rings. The number of pyridine rings is 1. The maximum absolute atomic E-state index is 12.4. The summed E-state index contributed by atoms with van der Waals surface area (Å²) in [6.45, 7) is 0.140. The van der Waals surface area contributed by atoms with E-state index in [0.717, 1.165) is 10.9 Å². The lowest BCUT2D eigenvalue weighted by Gasteiger charge is -2.11. The van der Waals surface area contributed by atoms with Gasteiger partial charge in [-0.3, -0.25) is 4.98 Å². The molecule has 0 unspecified atom stereocenters. The van der Waals surface area contributed by atoms with Gasteiger partial charge in [0, 0.05) is 11.6 Å². The van der Waals surface area contributed by atoms with Crippen LogP contribution in [0.4, 0.5) is 0 Å². The smallest absolute Gasteiger partial charge is 0.342 e. The Morgan fingerprint density at radius 1 is 0.964 bits per heavy atom. The highest BCUT2D eigenvalue weighted by molar-refractivity contribution is 6.00. The molecule has 5 heteroatoms. The average Bonchev–Trinajstić information content (AvgIpc) is 2.73. The second-order valence-corrected chi connectivity index (χ2v) is 6.20. The first kappa shape index (κ1) is 17.5. The van der Waals surface area contributed by atoms with Gasteiger partial charge in [0.05, 0.1) is 6.20 Å². The van der Waals surface area contributed by atoms with Gasteiger partial charge >= 0.3 is 5.97 Å². The summed E-state index contributed by atoms with van der Waals surface area (Å²) in [5, 5.41) is 11.8. The van der Waals surface area contributed by atoms with Crippen LogP contribution >= 0.6 is 0 Å². The van der Waals surface area contributed by atoms with E-state index in [9.17, 15) is 9.90 Å². The van der Waals surface area contributed by atoms with Crippen molar-refractivity contribution in [2.45, 2.75) is 6.61 Å². The van der Waals surface area contributed by atoms with E-state index in [0.29, 0.717) is 16.9 Å². The van der Waals surface area contributed by atoms with E-state index in [1.165, 1.54) is 6.07 Å². The van der Waals surface area contributed by atoms with Gasteiger partial charge in [0.25, 0.3) is 0 Å². The molecule has 0 amide bonds. The number of benzene rings is 3. The lowest BCUT2D eigenvalue weighted by Crippen LogP contribution is -2.05. The van der Waals surface area contributed by atoms with Crippen LogP contribution in [0.5, 0.6) is 17.2 Å². The minimum atomic E-state index is -0.582. The molecular weight excluding hydrogens is 354 g/mol. The highest BCUT2D eigenvalue weighted by Gasteiger charge is 2.16. The Morgan fingerprint density at radius 2 is 1.82 bits per heavy atom. The third-order valence-electron chi connectivity index (χ3n) is 4.25. The van der Waals surface area contributed by atoms with Crippen LogP contribution < -0.4 is 4.74 Å². The van der Waals surface area contributed by atoms with E-state index in [2.05, 4.69) is 4.98 Å². The molecule has 0 radical (unpaired) electrons. The molecule has 0 spiro atoms. The van der Waals surface area contributed by atoms with Crippen LogP contribution in [0.3, 0.4) is 0 Å². The standard InChI is InChI=1S/C23H17NO4/c25-21-13-19-17(8-4-10-22(19)28-18-9-5-11-24-14-18)12-20(21)23(26)27-15-16-6-2-1-3-7-16/h1-14,25H,15H2. The number of nitrogens with zero attached hydrogens (tertiary/aromatic N) is 1. The molecule has 0 saturated heterocycles. The third-order valence-corrected chi connectivity index (χ3v) is 4.25. The predicted octanol–water partition coefficient (Wildman–Crippen LogP) is 5.09. The van der Waals surface area contributed by atoms with Crippen molar-refractivity contribution in [2.24, 2.45) is 0 Å².